The molecule has 0 saturated heterocycles. The minimum atomic E-state index is -0.399. The van der Waals surface area contributed by atoms with E-state index in [9.17, 15) is 5.11 Å². The molecule has 0 bridgehead atoms. The highest BCUT2D eigenvalue weighted by Gasteiger charge is 2.10. The van der Waals surface area contributed by atoms with Crippen LogP contribution in [0.2, 0.25) is 0 Å². The van der Waals surface area contributed by atoms with Crippen molar-refractivity contribution in [3.8, 4) is 0 Å². The number of aromatic nitrogens is 2. The van der Waals surface area contributed by atoms with Crippen molar-refractivity contribution >= 4 is 0 Å². The van der Waals surface area contributed by atoms with Gasteiger partial charge in [0.2, 0.25) is 0 Å². The van der Waals surface area contributed by atoms with Gasteiger partial charge in [0, 0.05) is 25.8 Å². The van der Waals surface area contributed by atoms with Gasteiger partial charge in [-0.1, -0.05) is 30.3 Å². The van der Waals surface area contributed by atoms with E-state index in [1.165, 1.54) is 0 Å². The van der Waals surface area contributed by atoms with E-state index in [1.54, 1.807) is 0 Å². The first-order valence-electron chi connectivity index (χ1n) is 6.97. The Morgan fingerprint density at radius 3 is 2.60 bits per heavy atom. The van der Waals surface area contributed by atoms with Crippen LogP contribution in [0.3, 0.4) is 0 Å². The highest BCUT2D eigenvalue weighted by molar-refractivity contribution is 5.17. The van der Waals surface area contributed by atoms with Crippen LogP contribution in [0.25, 0.3) is 0 Å². The molecule has 108 valence electrons. The second-order valence-corrected chi connectivity index (χ2v) is 5.35. The van der Waals surface area contributed by atoms with Crippen LogP contribution in [0.15, 0.2) is 36.4 Å². The molecule has 0 aliphatic carbocycles. The number of aryl methyl sites for hydroxylation is 2. The summed E-state index contributed by atoms with van der Waals surface area (Å²) in [6, 6.07) is 11.9. The predicted molar refractivity (Wildman–Crippen MR) is 80.3 cm³/mol. The Kier molecular flexibility index (Phi) is 4.93. The van der Waals surface area contributed by atoms with Crippen LogP contribution in [0, 0.1) is 6.92 Å². The van der Waals surface area contributed by atoms with Crippen molar-refractivity contribution in [3.05, 3.63) is 53.3 Å². The molecule has 1 atom stereocenters. The van der Waals surface area contributed by atoms with Gasteiger partial charge < -0.3 is 10.0 Å². The Morgan fingerprint density at radius 2 is 2.00 bits per heavy atom. The molecular weight excluding hydrogens is 250 g/mol. The molecule has 2 rings (SSSR count). The van der Waals surface area contributed by atoms with Crippen molar-refractivity contribution in [1.29, 1.82) is 0 Å². The average Bonchev–Trinajstić information content (AvgIpc) is 2.75. The molecule has 1 heterocycles. The molecule has 0 aliphatic rings. The minimum absolute atomic E-state index is 0.399. The van der Waals surface area contributed by atoms with Gasteiger partial charge in [-0.3, -0.25) is 4.68 Å². The lowest BCUT2D eigenvalue weighted by atomic mass is 10.1. The van der Waals surface area contributed by atoms with E-state index in [1.807, 2.05) is 42.1 Å². The standard InChI is InChI=1S/C16H23N3O/c1-13-11-15(17-19(13)3)12-18(2)10-9-16(20)14-7-5-4-6-8-14/h4-8,11,16,20H,9-10,12H2,1-3H3/t16-/m1/s1. The fourth-order valence-electron chi connectivity index (χ4n) is 2.25. The fourth-order valence-corrected chi connectivity index (χ4v) is 2.25. The summed E-state index contributed by atoms with van der Waals surface area (Å²) in [5, 5.41) is 14.6. The molecule has 4 nitrogen and oxygen atoms in total. The van der Waals surface area contributed by atoms with Crippen LogP contribution < -0.4 is 0 Å². The normalized spacial score (nSPS) is 12.8. The first-order chi connectivity index (χ1) is 9.56. The van der Waals surface area contributed by atoms with Gasteiger partial charge in [0.15, 0.2) is 0 Å². The molecule has 1 N–H and O–H groups in total. The van der Waals surface area contributed by atoms with E-state index in [0.717, 1.165) is 36.5 Å². The highest BCUT2D eigenvalue weighted by atomic mass is 16.3. The molecule has 0 aliphatic heterocycles. The van der Waals surface area contributed by atoms with Gasteiger partial charge >= 0.3 is 0 Å². The summed E-state index contributed by atoms with van der Waals surface area (Å²) in [4.78, 5) is 2.19. The van der Waals surface area contributed by atoms with Crippen LogP contribution in [0.1, 0.15) is 29.5 Å². The molecular formula is C16H23N3O. The largest absolute Gasteiger partial charge is 0.388 e. The molecule has 0 spiro atoms. The van der Waals surface area contributed by atoms with Crippen molar-refractivity contribution < 1.29 is 5.11 Å². The summed E-state index contributed by atoms with van der Waals surface area (Å²) >= 11 is 0. The zero-order valence-electron chi connectivity index (χ0n) is 12.5. The van der Waals surface area contributed by atoms with Gasteiger partial charge in [-0.15, -0.1) is 0 Å². The summed E-state index contributed by atoms with van der Waals surface area (Å²) in [6.07, 6.45) is 0.330. The minimum Gasteiger partial charge on any atom is -0.388 e. The lowest BCUT2D eigenvalue weighted by Crippen LogP contribution is -2.21. The van der Waals surface area contributed by atoms with Crippen LogP contribution in [0.5, 0.6) is 0 Å². The maximum absolute atomic E-state index is 10.1. The molecule has 1 aromatic carbocycles. The monoisotopic (exact) mass is 273 g/mol. The number of aliphatic hydroxyl groups excluding tert-OH is 1. The van der Waals surface area contributed by atoms with Crippen LogP contribution in [-0.4, -0.2) is 33.4 Å². The maximum atomic E-state index is 10.1. The molecule has 20 heavy (non-hydrogen) atoms. The summed E-state index contributed by atoms with van der Waals surface area (Å²) in [5.74, 6) is 0. The first-order valence-corrected chi connectivity index (χ1v) is 6.97. The predicted octanol–water partition coefficient (Wildman–Crippen LogP) is 2.28. The van der Waals surface area contributed by atoms with Gasteiger partial charge in [-0.2, -0.15) is 5.10 Å². The maximum Gasteiger partial charge on any atom is 0.0802 e. The van der Waals surface area contributed by atoms with Crippen molar-refractivity contribution in [2.75, 3.05) is 13.6 Å². The topological polar surface area (TPSA) is 41.3 Å². The molecule has 0 fully saturated rings. The molecule has 0 amide bonds. The Hall–Kier alpha value is -1.65. The number of nitrogens with zero attached hydrogens (tertiary/aromatic N) is 3. The zero-order valence-corrected chi connectivity index (χ0v) is 12.5. The van der Waals surface area contributed by atoms with E-state index in [2.05, 4.69) is 30.0 Å². The average molecular weight is 273 g/mol. The van der Waals surface area contributed by atoms with Crippen LogP contribution in [0.4, 0.5) is 0 Å². The highest BCUT2D eigenvalue weighted by Crippen LogP contribution is 2.16. The third-order valence-corrected chi connectivity index (χ3v) is 3.56. The van der Waals surface area contributed by atoms with Crippen molar-refractivity contribution in [1.82, 2.24) is 14.7 Å². The Labute approximate surface area is 120 Å². The van der Waals surface area contributed by atoms with E-state index < -0.39 is 6.10 Å². The fraction of sp³-hybridized carbons (Fsp3) is 0.438. The number of benzene rings is 1. The van der Waals surface area contributed by atoms with Crippen LogP contribution in [-0.2, 0) is 13.6 Å². The van der Waals surface area contributed by atoms with E-state index >= 15 is 0 Å². The number of rotatable bonds is 6. The Bertz CT molecular complexity index is 516. The summed E-state index contributed by atoms with van der Waals surface area (Å²) in [6.45, 7) is 3.70. The van der Waals surface area contributed by atoms with Gasteiger partial charge in [-0.05, 0) is 32.0 Å². The van der Waals surface area contributed by atoms with Gasteiger partial charge in [-0.25, -0.2) is 0 Å². The summed E-state index contributed by atoms with van der Waals surface area (Å²) in [7, 11) is 4.01. The zero-order chi connectivity index (χ0) is 14.5. The lowest BCUT2D eigenvalue weighted by molar-refractivity contribution is 0.147. The second kappa shape index (κ2) is 6.68. The van der Waals surface area contributed by atoms with Crippen LogP contribution >= 0.6 is 0 Å². The summed E-state index contributed by atoms with van der Waals surface area (Å²) in [5.41, 5.74) is 3.22. The Morgan fingerprint density at radius 1 is 1.30 bits per heavy atom. The van der Waals surface area contributed by atoms with Gasteiger partial charge in [0.05, 0.1) is 11.8 Å². The quantitative estimate of drug-likeness (QED) is 0.878. The van der Waals surface area contributed by atoms with Crippen molar-refractivity contribution in [2.45, 2.75) is 26.0 Å². The third-order valence-electron chi connectivity index (χ3n) is 3.56. The molecule has 0 radical (unpaired) electrons. The van der Waals surface area contributed by atoms with Gasteiger partial charge in [0.1, 0.15) is 0 Å². The van der Waals surface area contributed by atoms with Crippen molar-refractivity contribution in [2.24, 2.45) is 7.05 Å². The smallest absolute Gasteiger partial charge is 0.0802 e. The Balaban J connectivity index is 1.81. The van der Waals surface area contributed by atoms with E-state index in [-0.39, 0.29) is 0 Å². The number of hydrogen-bond donors (Lipinski definition) is 1. The molecule has 1 aromatic heterocycles. The lowest BCUT2D eigenvalue weighted by Gasteiger charge is -2.18. The molecule has 0 unspecified atom stereocenters. The van der Waals surface area contributed by atoms with Gasteiger partial charge in [0.25, 0.3) is 0 Å². The SMILES string of the molecule is Cc1cc(CN(C)CC[C@@H](O)c2ccccc2)nn1C. The molecule has 2 aromatic rings. The first kappa shape index (κ1) is 14.8. The van der Waals surface area contributed by atoms with Crippen molar-refractivity contribution in [3.63, 3.8) is 0 Å². The number of hydrogen-bond acceptors (Lipinski definition) is 3. The van der Waals surface area contributed by atoms with E-state index in [0.29, 0.717) is 0 Å². The van der Waals surface area contributed by atoms with E-state index in [4.69, 9.17) is 0 Å². The number of aliphatic hydroxyl groups is 1. The molecule has 0 saturated carbocycles. The molecule has 4 heteroatoms. The third kappa shape index (κ3) is 3.92. The summed E-state index contributed by atoms with van der Waals surface area (Å²) < 4.78 is 1.89. The second-order valence-electron chi connectivity index (χ2n) is 5.35.